The van der Waals surface area contributed by atoms with Crippen molar-refractivity contribution >= 4 is 29.1 Å². The fourth-order valence-electron chi connectivity index (χ4n) is 5.05. The van der Waals surface area contributed by atoms with Gasteiger partial charge in [-0.2, -0.15) is 0 Å². The van der Waals surface area contributed by atoms with Crippen LogP contribution in [0.5, 0.6) is 0 Å². The second-order valence-corrected chi connectivity index (χ2v) is 9.53. The maximum atomic E-state index is 13.9. The van der Waals surface area contributed by atoms with E-state index in [4.69, 9.17) is 4.99 Å². The van der Waals surface area contributed by atoms with Crippen LogP contribution < -0.4 is 15.5 Å². The zero-order valence-electron chi connectivity index (χ0n) is 20.8. The van der Waals surface area contributed by atoms with E-state index in [2.05, 4.69) is 10.6 Å². The number of hydrogen-bond donors (Lipinski definition) is 2. The van der Waals surface area contributed by atoms with Crippen molar-refractivity contribution in [2.75, 3.05) is 11.4 Å². The van der Waals surface area contributed by atoms with Crippen LogP contribution in [0.2, 0.25) is 0 Å². The maximum Gasteiger partial charge on any atom is 0.317 e. The number of Topliss-reactive ketones (excluding diaryl/α,β-unsaturated/α-hetero) is 1. The second kappa shape index (κ2) is 10.8. The number of nitrogens with one attached hydrogen (secondary N) is 2. The molecule has 7 nitrogen and oxygen atoms in total. The quantitative estimate of drug-likeness (QED) is 0.490. The molecule has 1 saturated carbocycles. The van der Waals surface area contributed by atoms with Gasteiger partial charge in [0.1, 0.15) is 0 Å². The van der Waals surface area contributed by atoms with Crippen LogP contribution in [0.1, 0.15) is 52.7 Å². The van der Waals surface area contributed by atoms with Gasteiger partial charge in [0.05, 0.1) is 17.9 Å². The molecular formula is C30H30N4O3. The molecule has 0 saturated heterocycles. The van der Waals surface area contributed by atoms with Crippen molar-refractivity contribution in [2.45, 2.75) is 44.8 Å². The van der Waals surface area contributed by atoms with E-state index in [-0.39, 0.29) is 18.4 Å². The number of rotatable bonds is 6. The lowest BCUT2D eigenvalue weighted by Gasteiger charge is -2.25. The van der Waals surface area contributed by atoms with Crippen LogP contribution in [0, 0.1) is 6.92 Å². The highest BCUT2D eigenvalue weighted by atomic mass is 16.2. The Morgan fingerprint density at radius 3 is 2.32 bits per heavy atom. The van der Waals surface area contributed by atoms with Gasteiger partial charge in [0.2, 0.25) is 6.17 Å². The Balaban J connectivity index is 1.53. The number of anilines is 1. The van der Waals surface area contributed by atoms with E-state index in [0.717, 1.165) is 42.4 Å². The fraction of sp³-hybridized carbons (Fsp3) is 0.267. The minimum Gasteiger partial charge on any atom is -0.335 e. The third kappa shape index (κ3) is 5.31. The summed E-state index contributed by atoms with van der Waals surface area (Å²) in [5.41, 5.74) is 4.11. The largest absolute Gasteiger partial charge is 0.335 e. The fourth-order valence-corrected chi connectivity index (χ4v) is 5.05. The summed E-state index contributed by atoms with van der Waals surface area (Å²) in [6, 6.07) is 24.0. The van der Waals surface area contributed by atoms with Crippen LogP contribution in [0.3, 0.4) is 0 Å². The van der Waals surface area contributed by atoms with Gasteiger partial charge in [0, 0.05) is 22.7 Å². The lowest BCUT2D eigenvalue weighted by Crippen LogP contribution is -2.52. The topological polar surface area (TPSA) is 90.9 Å². The van der Waals surface area contributed by atoms with Crippen LogP contribution >= 0.6 is 0 Å². The minimum absolute atomic E-state index is 0.0920. The van der Waals surface area contributed by atoms with Gasteiger partial charge >= 0.3 is 6.03 Å². The molecule has 2 aliphatic rings. The molecule has 7 heteroatoms. The first-order chi connectivity index (χ1) is 18.0. The predicted molar refractivity (Wildman–Crippen MR) is 144 cm³/mol. The van der Waals surface area contributed by atoms with Crippen LogP contribution in [-0.2, 0) is 4.79 Å². The molecule has 0 spiro atoms. The Morgan fingerprint density at radius 1 is 0.892 bits per heavy atom. The van der Waals surface area contributed by atoms with Gasteiger partial charge in [-0.05, 0) is 31.4 Å². The molecule has 2 N–H and O–H groups in total. The second-order valence-electron chi connectivity index (χ2n) is 9.53. The zero-order valence-corrected chi connectivity index (χ0v) is 20.8. The van der Waals surface area contributed by atoms with Crippen molar-refractivity contribution in [2.24, 2.45) is 4.99 Å². The van der Waals surface area contributed by atoms with Gasteiger partial charge < -0.3 is 15.5 Å². The monoisotopic (exact) mass is 494 g/mol. The molecule has 0 unspecified atom stereocenters. The number of amides is 3. The lowest BCUT2D eigenvalue weighted by atomic mass is 9.99. The molecule has 0 bridgehead atoms. The van der Waals surface area contributed by atoms with Crippen molar-refractivity contribution in [3.8, 4) is 0 Å². The standard InChI is InChI=1S/C30H30N4O3/c1-20-11-5-8-16-23(20)26(35)19-34-25-18-10-9-17-24(25)27(21-12-3-2-4-13-21)32-28(29(34)36)33-30(37)31-22-14-6-7-15-22/h2-5,8-13,16-18,22,28H,6-7,14-15,19H2,1H3,(H2,31,33,37)/t28-/m1/s1. The molecule has 1 heterocycles. The molecule has 0 radical (unpaired) electrons. The third-order valence-corrected chi connectivity index (χ3v) is 6.96. The normalized spacial score (nSPS) is 17.5. The van der Waals surface area contributed by atoms with E-state index in [1.807, 2.05) is 79.7 Å². The lowest BCUT2D eigenvalue weighted by molar-refractivity contribution is -0.120. The molecular weight excluding hydrogens is 464 g/mol. The predicted octanol–water partition coefficient (Wildman–Crippen LogP) is 4.63. The van der Waals surface area contributed by atoms with Gasteiger partial charge in [-0.3, -0.25) is 9.59 Å². The highest BCUT2D eigenvalue weighted by Gasteiger charge is 2.34. The average molecular weight is 495 g/mol. The summed E-state index contributed by atoms with van der Waals surface area (Å²) in [5.74, 6) is -0.638. The summed E-state index contributed by atoms with van der Waals surface area (Å²) in [6.07, 6.45) is 2.82. The molecule has 0 aromatic heterocycles. The van der Waals surface area contributed by atoms with E-state index < -0.39 is 18.1 Å². The summed E-state index contributed by atoms with van der Waals surface area (Å²) in [4.78, 5) is 46.4. The molecule has 1 atom stereocenters. The first-order valence-electron chi connectivity index (χ1n) is 12.7. The number of nitrogens with zero attached hydrogens (tertiary/aromatic N) is 2. The molecule has 1 aliphatic heterocycles. The molecule has 1 fully saturated rings. The van der Waals surface area contributed by atoms with E-state index in [9.17, 15) is 14.4 Å². The molecule has 1 aliphatic carbocycles. The number of aliphatic imine (C=N–C) groups is 1. The zero-order chi connectivity index (χ0) is 25.8. The highest BCUT2D eigenvalue weighted by molar-refractivity contribution is 6.21. The van der Waals surface area contributed by atoms with Crippen LogP contribution in [0.25, 0.3) is 0 Å². The highest BCUT2D eigenvalue weighted by Crippen LogP contribution is 2.29. The third-order valence-electron chi connectivity index (χ3n) is 6.96. The molecule has 5 rings (SSSR count). The van der Waals surface area contributed by atoms with Crippen molar-refractivity contribution in [3.05, 3.63) is 101 Å². The molecule has 37 heavy (non-hydrogen) atoms. The van der Waals surface area contributed by atoms with Crippen molar-refractivity contribution in [1.29, 1.82) is 0 Å². The Hall–Kier alpha value is -4.26. The number of fused-ring (bicyclic) bond motifs is 1. The molecule has 3 aromatic carbocycles. The summed E-state index contributed by atoms with van der Waals surface area (Å²) < 4.78 is 0. The number of benzene rings is 3. The summed E-state index contributed by atoms with van der Waals surface area (Å²) in [5, 5.41) is 5.76. The Labute approximate surface area is 216 Å². The summed E-state index contributed by atoms with van der Waals surface area (Å²) >= 11 is 0. The number of para-hydroxylation sites is 1. The minimum atomic E-state index is -1.19. The van der Waals surface area contributed by atoms with Crippen LogP contribution in [-0.4, -0.2) is 42.2 Å². The average Bonchev–Trinajstić information content (AvgIpc) is 3.39. The number of carbonyl (C=O) groups is 3. The van der Waals surface area contributed by atoms with E-state index in [0.29, 0.717) is 17.0 Å². The summed E-state index contributed by atoms with van der Waals surface area (Å²) in [7, 11) is 0. The van der Waals surface area contributed by atoms with Crippen molar-refractivity contribution < 1.29 is 14.4 Å². The van der Waals surface area contributed by atoms with E-state index in [1.54, 1.807) is 6.07 Å². The van der Waals surface area contributed by atoms with E-state index >= 15 is 0 Å². The molecule has 3 amide bonds. The van der Waals surface area contributed by atoms with Gasteiger partial charge in [-0.15, -0.1) is 0 Å². The number of urea groups is 1. The van der Waals surface area contributed by atoms with Gasteiger partial charge in [0.15, 0.2) is 5.78 Å². The molecule has 3 aromatic rings. The summed E-state index contributed by atoms with van der Waals surface area (Å²) in [6.45, 7) is 1.71. The Bertz CT molecular complexity index is 1350. The number of carbonyl (C=O) groups excluding carboxylic acids is 3. The van der Waals surface area contributed by atoms with Gasteiger partial charge in [0.25, 0.3) is 5.91 Å². The van der Waals surface area contributed by atoms with Gasteiger partial charge in [-0.1, -0.05) is 85.6 Å². The molecule has 188 valence electrons. The Kier molecular flexibility index (Phi) is 7.12. The number of benzodiazepines with no additional fused rings is 1. The van der Waals surface area contributed by atoms with Crippen molar-refractivity contribution in [3.63, 3.8) is 0 Å². The first kappa shape index (κ1) is 24.4. The maximum absolute atomic E-state index is 13.9. The number of hydrogen-bond acceptors (Lipinski definition) is 4. The first-order valence-corrected chi connectivity index (χ1v) is 12.7. The van der Waals surface area contributed by atoms with Crippen LogP contribution in [0.4, 0.5) is 10.5 Å². The number of ketones is 1. The number of aryl methyl sites for hydroxylation is 1. The van der Waals surface area contributed by atoms with Crippen LogP contribution in [0.15, 0.2) is 83.9 Å². The Morgan fingerprint density at radius 2 is 1.57 bits per heavy atom. The SMILES string of the molecule is Cc1ccccc1C(=O)CN1C(=O)[C@@H](NC(=O)NC2CCCC2)N=C(c2ccccc2)c2ccccc21. The smallest absolute Gasteiger partial charge is 0.317 e. The van der Waals surface area contributed by atoms with Crippen molar-refractivity contribution in [1.82, 2.24) is 10.6 Å². The van der Waals surface area contributed by atoms with E-state index in [1.165, 1.54) is 4.90 Å². The van der Waals surface area contributed by atoms with Gasteiger partial charge in [-0.25, -0.2) is 9.79 Å².